The zero-order valence-electron chi connectivity index (χ0n) is 10.3. The van der Waals surface area contributed by atoms with Crippen molar-refractivity contribution in [1.82, 2.24) is 19.9 Å². The van der Waals surface area contributed by atoms with Crippen LogP contribution in [0, 0.1) is 10.1 Å². The Balaban J connectivity index is 1.94. The monoisotopic (exact) mass is 263 g/mol. The molecule has 0 saturated carbocycles. The highest BCUT2D eigenvalue weighted by Crippen LogP contribution is 2.14. The number of carbonyl (C=O) groups excluding carboxylic acids is 1. The number of imidazole rings is 1. The van der Waals surface area contributed by atoms with E-state index >= 15 is 0 Å². The predicted molar refractivity (Wildman–Crippen MR) is 66.7 cm³/mol. The molecule has 0 aliphatic heterocycles. The van der Waals surface area contributed by atoms with Crippen molar-refractivity contribution in [3.05, 3.63) is 46.3 Å². The van der Waals surface area contributed by atoms with Gasteiger partial charge in [-0.15, -0.1) is 0 Å². The maximum atomic E-state index is 11.8. The minimum atomic E-state index is -0.528. The molecule has 0 bridgehead atoms. The summed E-state index contributed by atoms with van der Waals surface area (Å²) in [6, 6.07) is 1.25. The molecular weight excluding hydrogens is 250 g/mol. The molecule has 2 aromatic heterocycles. The molecule has 0 unspecified atom stereocenters. The second kappa shape index (κ2) is 5.34. The van der Waals surface area contributed by atoms with E-state index in [9.17, 15) is 14.9 Å². The molecule has 0 atom stereocenters. The topological polar surface area (TPSA) is 106 Å². The number of amides is 1. The largest absolute Gasteiger partial charge is 0.350 e. The van der Waals surface area contributed by atoms with Crippen LogP contribution in [-0.2, 0) is 13.5 Å². The molecule has 19 heavy (non-hydrogen) atoms. The average Bonchev–Trinajstić information content (AvgIpc) is 2.98. The molecule has 2 aromatic rings. The van der Waals surface area contributed by atoms with E-state index in [1.807, 2.05) is 0 Å². The summed E-state index contributed by atoms with van der Waals surface area (Å²) in [5.41, 5.74) is 0.157. The van der Waals surface area contributed by atoms with Gasteiger partial charge in [0.2, 0.25) is 0 Å². The number of aromatic nitrogens is 3. The summed E-state index contributed by atoms with van der Waals surface area (Å²) < 4.78 is 1.43. The Kier molecular flexibility index (Phi) is 3.60. The van der Waals surface area contributed by atoms with Gasteiger partial charge in [0, 0.05) is 38.5 Å². The van der Waals surface area contributed by atoms with Crippen LogP contribution < -0.4 is 5.32 Å². The lowest BCUT2D eigenvalue weighted by molar-refractivity contribution is -0.384. The molecule has 0 spiro atoms. The molecule has 2 N–H and O–H groups in total. The first-order chi connectivity index (χ1) is 9.08. The van der Waals surface area contributed by atoms with Crippen LogP contribution in [-0.4, -0.2) is 31.9 Å². The highest BCUT2D eigenvalue weighted by molar-refractivity contribution is 5.93. The van der Waals surface area contributed by atoms with E-state index < -0.39 is 4.92 Å². The lowest BCUT2D eigenvalue weighted by Crippen LogP contribution is -2.27. The summed E-state index contributed by atoms with van der Waals surface area (Å²) in [6.45, 7) is 0.408. The Morgan fingerprint density at radius 2 is 2.42 bits per heavy atom. The number of aromatic amines is 1. The zero-order chi connectivity index (χ0) is 13.8. The summed E-state index contributed by atoms with van der Waals surface area (Å²) in [7, 11) is 1.59. The van der Waals surface area contributed by atoms with E-state index in [1.54, 1.807) is 19.4 Å². The first-order valence-electron chi connectivity index (χ1n) is 5.65. The predicted octanol–water partition coefficient (Wildman–Crippen LogP) is 0.629. The molecule has 2 heterocycles. The van der Waals surface area contributed by atoms with Crippen molar-refractivity contribution in [2.24, 2.45) is 7.05 Å². The fourth-order valence-electron chi connectivity index (χ4n) is 1.69. The summed E-state index contributed by atoms with van der Waals surface area (Å²) >= 11 is 0. The Morgan fingerprint density at radius 1 is 1.63 bits per heavy atom. The fraction of sp³-hybridized carbons (Fsp3) is 0.273. The molecule has 0 aliphatic rings. The highest BCUT2D eigenvalue weighted by atomic mass is 16.6. The fourth-order valence-corrected chi connectivity index (χ4v) is 1.69. The van der Waals surface area contributed by atoms with E-state index in [1.165, 1.54) is 16.8 Å². The van der Waals surface area contributed by atoms with Gasteiger partial charge in [-0.25, -0.2) is 4.98 Å². The van der Waals surface area contributed by atoms with E-state index in [0.29, 0.717) is 13.0 Å². The average molecular weight is 263 g/mol. The second-order valence-corrected chi connectivity index (χ2v) is 3.99. The van der Waals surface area contributed by atoms with Crippen LogP contribution in [0.5, 0.6) is 0 Å². The molecule has 1 amide bonds. The molecule has 0 aliphatic carbocycles. The quantitative estimate of drug-likeness (QED) is 0.609. The number of nitrogens with one attached hydrogen (secondary N) is 2. The number of aryl methyl sites for hydroxylation is 1. The van der Waals surface area contributed by atoms with E-state index in [-0.39, 0.29) is 17.3 Å². The smallest absolute Gasteiger partial charge is 0.287 e. The lowest BCUT2D eigenvalue weighted by Gasteiger charge is -2.04. The zero-order valence-corrected chi connectivity index (χ0v) is 10.3. The molecule has 0 radical (unpaired) electrons. The Morgan fingerprint density at radius 3 is 3.00 bits per heavy atom. The van der Waals surface area contributed by atoms with Gasteiger partial charge in [0.25, 0.3) is 11.6 Å². The van der Waals surface area contributed by atoms with Gasteiger partial charge in [-0.05, 0) is 0 Å². The SMILES string of the molecule is Cn1cc([N+](=O)[O-])cc1C(=O)NCCc1ncc[nH]1. The maximum Gasteiger partial charge on any atom is 0.287 e. The number of H-pyrrole nitrogens is 1. The number of carbonyl (C=O) groups is 1. The summed E-state index contributed by atoms with van der Waals surface area (Å²) in [5, 5.41) is 13.3. The Bertz CT molecular complexity index is 588. The van der Waals surface area contributed by atoms with Crippen molar-refractivity contribution in [3.63, 3.8) is 0 Å². The first kappa shape index (κ1) is 12.8. The van der Waals surface area contributed by atoms with E-state index in [0.717, 1.165) is 5.82 Å². The van der Waals surface area contributed by atoms with Gasteiger partial charge in [0.15, 0.2) is 0 Å². The van der Waals surface area contributed by atoms with Gasteiger partial charge in [0.1, 0.15) is 11.5 Å². The van der Waals surface area contributed by atoms with Gasteiger partial charge in [-0.2, -0.15) is 0 Å². The Labute approximate surface area is 108 Å². The van der Waals surface area contributed by atoms with Crippen molar-refractivity contribution < 1.29 is 9.72 Å². The summed E-state index contributed by atoms with van der Waals surface area (Å²) in [4.78, 5) is 28.9. The first-order valence-corrected chi connectivity index (χ1v) is 5.65. The van der Waals surface area contributed by atoms with E-state index in [2.05, 4.69) is 15.3 Å². The normalized spacial score (nSPS) is 10.4. The molecule has 100 valence electrons. The van der Waals surface area contributed by atoms with Crippen LogP contribution in [0.25, 0.3) is 0 Å². The Hall–Kier alpha value is -2.64. The van der Waals surface area contributed by atoms with Crippen LogP contribution in [0.15, 0.2) is 24.7 Å². The van der Waals surface area contributed by atoms with Gasteiger partial charge in [-0.1, -0.05) is 0 Å². The number of hydrogen-bond acceptors (Lipinski definition) is 4. The van der Waals surface area contributed by atoms with Crippen molar-refractivity contribution in [2.45, 2.75) is 6.42 Å². The van der Waals surface area contributed by atoms with Crippen molar-refractivity contribution in [2.75, 3.05) is 6.54 Å². The standard InChI is InChI=1S/C11H13N5O3/c1-15-7-8(16(18)19)6-9(15)11(17)14-3-2-10-12-4-5-13-10/h4-7H,2-3H2,1H3,(H,12,13)(H,14,17). The molecule has 0 saturated heterocycles. The third-order valence-electron chi connectivity index (χ3n) is 2.64. The van der Waals surface area contributed by atoms with Gasteiger partial charge < -0.3 is 14.9 Å². The molecule has 2 rings (SSSR count). The summed E-state index contributed by atoms with van der Waals surface area (Å²) in [5.74, 6) is 0.431. The van der Waals surface area contributed by atoms with Gasteiger partial charge in [0.05, 0.1) is 11.1 Å². The third kappa shape index (κ3) is 2.97. The van der Waals surface area contributed by atoms with Crippen molar-refractivity contribution in [3.8, 4) is 0 Å². The molecular formula is C11H13N5O3. The van der Waals surface area contributed by atoms with Crippen molar-refractivity contribution >= 4 is 11.6 Å². The maximum absolute atomic E-state index is 11.8. The van der Waals surface area contributed by atoms with Crippen LogP contribution in [0.4, 0.5) is 5.69 Å². The number of hydrogen-bond donors (Lipinski definition) is 2. The lowest BCUT2D eigenvalue weighted by atomic mass is 10.3. The second-order valence-electron chi connectivity index (χ2n) is 3.99. The van der Waals surface area contributed by atoms with Crippen LogP contribution >= 0.6 is 0 Å². The summed E-state index contributed by atoms with van der Waals surface area (Å²) in [6.07, 6.45) is 5.22. The molecule has 0 aromatic carbocycles. The minimum absolute atomic E-state index is 0.0984. The van der Waals surface area contributed by atoms with Crippen LogP contribution in [0.1, 0.15) is 16.3 Å². The van der Waals surface area contributed by atoms with Crippen LogP contribution in [0.3, 0.4) is 0 Å². The van der Waals surface area contributed by atoms with Crippen LogP contribution in [0.2, 0.25) is 0 Å². The molecule has 0 fully saturated rings. The number of nitro groups is 1. The number of rotatable bonds is 5. The third-order valence-corrected chi connectivity index (χ3v) is 2.64. The van der Waals surface area contributed by atoms with E-state index in [4.69, 9.17) is 0 Å². The van der Waals surface area contributed by atoms with Gasteiger partial charge >= 0.3 is 0 Å². The minimum Gasteiger partial charge on any atom is -0.350 e. The van der Waals surface area contributed by atoms with Crippen molar-refractivity contribution in [1.29, 1.82) is 0 Å². The molecule has 8 nitrogen and oxygen atoms in total. The number of nitrogens with zero attached hydrogens (tertiary/aromatic N) is 3. The van der Waals surface area contributed by atoms with Gasteiger partial charge in [-0.3, -0.25) is 14.9 Å². The highest BCUT2D eigenvalue weighted by Gasteiger charge is 2.17. The molecule has 8 heteroatoms.